The van der Waals surface area contributed by atoms with Crippen LogP contribution in [0, 0.1) is 11.6 Å². The van der Waals surface area contributed by atoms with Crippen LogP contribution in [0.2, 0.25) is 0 Å². The van der Waals surface area contributed by atoms with Crippen molar-refractivity contribution >= 4 is 17.6 Å². The molecule has 2 heterocycles. The first-order valence-electron chi connectivity index (χ1n) is 8.70. The smallest absolute Gasteiger partial charge is 0.350 e. The van der Waals surface area contributed by atoms with Crippen LogP contribution in [0.5, 0.6) is 0 Å². The number of carbonyl (C=O) groups is 2. The van der Waals surface area contributed by atoms with Crippen LogP contribution in [-0.4, -0.2) is 26.3 Å². The molecule has 10 heteroatoms. The molecule has 1 aliphatic heterocycles. The van der Waals surface area contributed by atoms with Crippen molar-refractivity contribution in [2.45, 2.75) is 19.6 Å². The third kappa shape index (κ3) is 3.51. The van der Waals surface area contributed by atoms with Crippen LogP contribution in [0.15, 0.2) is 53.3 Å². The molecule has 0 radical (unpaired) electrons. The molecule has 0 fully saturated rings. The number of aromatic nitrogens is 3. The second kappa shape index (κ2) is 7.30. The van der Waals surface area contributed by atoms with Gasteiger partial charge in [-0.2, -0.15) is 9.67 Å². The Hall–Kier alpha value is -3.82. The Morgan fingerprint density at radius 1 is 1.10 bits per heavy atom. The van der Waals surface area contributed by atoms with Crippen molar-refractivity contribution in [3.63, 3.8) is 0 Å². The van der Waals surface area contributed by atoms with E-state index in [2.05, 4.69) is 10.4 Å². The standard InChI is InChI=1S/C19H15F2N5O3/c20-13-6-7-15(21)12(8-13)9-22-17(27)11-25-19(29)26-16(23-25)10-24(18(26)28)14-4-2-1-3-5-14/h1-8H,9-11H2,(H,22,27). The van der Waals surface area contributed by atoms with E-state index in [0.717, 1.165) is 27.4 Å². The van der Waals surface area contributed by atoms with Gasteiger partial charge in [-0.05, 0) is 30.3 Å². The number of anilines is 1. The monoisotopic (exact) mass is 399 g/mol. The maximum absolute atomic E-state index is 13.6. The van der Waals surface area contributed by atoms with Gasteiger partial charge in [0.05, 0.1) is 6.54 Å². The lowest BCUT2D eigenvalue weighted by Gasteiger charge is -2.14. The fourth-order valence-corrected chi connectivity index (χ4v) is 3.05. The molecule has 0 saturated heterocycles. The van der Waals surface area contributed by atoms with Gasteiger partial charge in [0.25, 0.3) is 0 Å². The predicted molar refractivity (Wildman–Crippen MR) is 98.1 cm³/mol. The number of halogens is 2. The zero-order valence-corrected chi connectivity index (χ0v) is 15.0. The summed E-state index contributed by atoms with van der Waals surface area (Å²) in [5.74, 6) is -1.69. The molecule has 3 aromatic rings. The van der Waals surface area contributed by atoms with Crippen molar-refractivity contribution in [3.05, 3.63) is 82.0 Å². The molecule has 2 amide bonds. The summed E-state index contributed by atoms with van der Waals surface area (Å²) in [5, 5.41) is 6.46. The Labute approximate surface area is 163 Å². The molecule has 0 bridgehead atoms. The van der Waals surface area contributed by atoms with Crippen molar-refractivity contribution < 1.29 is 18.4 Å². The Morgan fingerprint density at radius 2 is 1.86 bits per heavy atom. The number of hydrogen-bond acceptors (Lipinski definition) is 4. The van der Waals surface area contributed by atoms with Crippen LogP contribution in [0.25, 0.3) is 0 Å². The molecular weight excluding hydrogens is 384 g/mol. The average molecular weight is 399 g/mol. The van der Waals surface area contributed by atoms with E-state index in [1.807, 2.05) is 6.07 Å². The zero-order chi connectivity index (χ0) is 20.5. The third-order valence-corrected chi connectivity index (χ3v) is 4.47. The van der Waals surface area contributed by atoms with Gasteiger partial charge in [-0.15, -0.1) is 0 Å². The van der Waals surface area contributed by atoms with Gasteiger partial charge in [-0.25, -0.2) is 23.1 Å². The van der Waals surface area contributed by atoms with Gasteiger partial charge in [0, 0.05) is 17.8 Å². The minimum absolute atomic E-state index is 0.0216. The molecule has 8 nitrogen and oxygen atoms in total. The van der Waals surface area contributed by atoms with Crippen LogP contribution < -0.4 is 15.9 Å². The Morgan fingerprint density at radius 3 is 2.59 bits per heavy atom. The first kappa shape index (κ1) is 18.5. The van der Waals surface area contributed by atoms with E-state index in [1.165, 1.54) is 4.90 Å². The quantitative estimate of drug-likeness (QED) is 0.706. The van der Waals surface area contributed by atoms with Crippen molar-refractivity contribution in [2.24, 2.45) is 0 Å². The molecule has 4 rings (SSSR count). The van der Waals surface area contributed by atoms with Gasteiger partial charge >= 0.3 is 11.7 Å². The summed E-state index contributed by atoms with van der Waals surface area (Å²) in [6.07, 6.45) is 0. The van der Waals surface area contributed by atoms with E-state index in [4.69, 9.17) is 0 Å². The highest BCUT2D eigenvalue weighted by molar-refractivity contribution is 5.96. The zero-order valence-electron chi connectivity index (χ0n) is 15.0. The molecule has 148 valence electrons. The summed E-state index contributed by atoms with van der Waals surface area (Å²) >= 11 is 0. The maximum atomic E-state index is 13.6. The van der Waals surface area contributed by atoms with Gasteiger partial charge in [0.1, 0.15) is 18.2 Å². The molecule has 0 atom stereocenters. The van der Waals surface area contributed by atoms with Crippen molar-refractivity contribution in [1.29, 1.82) is 0 Å². The van der Waals surface area contributed by atoms with E-state index in [-0.39, 0.29) is 24.5 Å². The van der Waals surface area contributed by atoms with Gasteiger partial charge in [0.15, 0.2) is 5.82 Å². The predicted octanol–water partition coefficient (Wildman–Crippen LogP) is 1.63. The molecular formula is C19H15F2N5O3. The molecule has 0 spiro atoms. The van der Waals surface area contributed by atoms with Crippen molar-refractivity contribution in [2.75, 3.05) is 4.90 Å². The van der Waals surface area contributed by atoms with Crippen LogP contribution >= 0.6 is 0 Å². The van der Waals surface area contributed by atoms with Gasteiger partial charge in [-0.1, -0.05) is 18.2 Å². The minimum Gasteiger partial charge on any atom is -0.350 e. The molecule has 2 aromatic carbocycles. The second-order valence-corrected chi connectivity index (χ2v) is 6.41. The first-order valence-corrected chi connectivity index (χ1v) is 8.70. The lowest BCUT2D eigenvalue weighted by atomic mass is 10.2. The summed E-state index contributed by atoms with van der Waals surface area (Å²) in [7, 11) is 0. The summed E-state index contributed by atoms with van der Waals surface area (Å²) in [6, 6.07) is 11.2. The van der Waals surface area contributed by atoms with Gasteiger partial charge < -0.3 is 5.32 Å². The molecule has 1 aliphatic rings. The average Bonchev–Trinajstić information content (AvgIpc) is 3.19. The fourth-order valence-electron chi connectivity index (χ4n) is 3.05. The summed E-state index contributed by atoms with van der Waals surface area (Å²) in [4.78, 5) is 38.5. The highest BCUT2D eigenvalue weighted by atomic mass is 19.1. The van der Waals surface area contributed by atoms with Crippen molar-refractivity contribution in [1.82, 2.24) is 19.7 Å². The lowest BCUT2D eigenvalue weighted by Crippen LogP contribution is -2.37. The highest BCUT2D eigenvalue weighted by Gasteiger charge is 2.33. The molecule has 29 heavy (non-hydrogen) atoms. The molecule has 0 aliphatic carbocycles. The largest absolute Gasteiger partial charge is 0.354 e. The number of rotatable bonds is 5. The van der Waals surface area contributed by atoms with E-state index < -0.39 is 35.8 Å². The number of fused-ring (bicyclic) bond motifs is 1. The first-order chi connectivity index (χ1) is 13.9. The molecule has 1 aromatic heterocycles. The van der Waals surface area contributed by atoms with Crippen LogP contribution in [0.1, 0.15) is 11.4 Å². The number of amides is 2. The van der Waals surface area contributed by atoms with Gasteiger partial charge in [-0.3, -0.25) is 9.69 Å². The fraction of sp³-hybridized carbons (Fsp3) is 0.158. The van der Waals surface area contributed by atoms with E-state index in [9.17, 15) is 23.2 Å². The van der Waals surface area contributed by atoms with Crippen molar-refractivity contribution in [3.8, 4) is 0 Å². The highest BCUT2D eigenvalue weighted by Crippen LogP contribution is 2.21. The van der Waals surface area contributed by atoms with E-state index >= 15 is 0 Å². The SMILES string of the molecule is O=C(Cn1nc2n(c1=O)C(=O)N(c1ccccc1)C2)NCc1cc(F)ccc1F. The Bertz CT molecular complexity index is 1160. The van der Waals surface area contributed by atoms with E-state index in [0.29, 0.717) is 5.69 Å². The summed E-state index contributed by atoms with van der Waals surface area (Å²) < 4.78 is 28.6. The molecule has 0 saturated carbocycles. The summed E-state index contributed by atoms with van der Waals surface area (Å²) in [5.41, 5.74) is -0.133. The van der Waals surface area contributed by atoms with Crippen LogP contribution in [-0.2, 0) is 24.4 Å². The summed E-state index contributed by atoms with van der Waals surface area (Å²) in [6.45, 7) is -0.596. The lowest BCUT2D eigenvalue weighted by molar-refractivity contribution is -0.122. The third-order valence-electron chi connectivity index (χ3n) is 4.47. The number of nitrogens with zero attached hydrogens (tertiary/aromatic N) is 4. The Balaban J connectivity index is 1.45. The minimum atomic E-state index is -0.740. The normalized spacial score (nSPS) is 12.9. The molecule has 1 N–H and O–H groups in total. The van der Waals surface area contributed by atoms with E-state index in [1.54, 1.807) is 24.3 Å². The number of nitrogens with one attached hydrogen (secondary N) is 1. The Kier molecular flexibility index (Phi) is 4.67. The number of benzene rings is 2. The van der Waals surface area contributed by atoms with Gasteiger partial charge in [0.2, 0.25) is 5.91 Å². The number of hydrogen-bond donors (Lipinski definition) is 1. The molecule has 0 unspecified atom stereocenters. The maximum Gasteiger partial charge on any atom is 0.354 e. The number of carbonyl (C=O) groups excluding carboxylic acids is 2. The number of para-hydroxylation sites is 1. The topological polar surface area (TPSA) is 89.2 Å². The van der Waals surface area contributed by atoms with Crippen LogP contribution in [0.4, 0.5) is 19.3 Å². The second-order valence-electron chi connectivity index (χ2n) is 6.41. The van der Waals surface area contributed by atoms with Crippen LogP contribution in [0.3, 0.4) is 0 Å².